The molecule has 2 heterocycles. The Labute approximate surface area is 206 Å². The standard InChI is InChI=1S/C19H21N3O15/c23-18(24)13(6-5-12(37-22(30)31)7-34-21(28)29)14-8-32-17-15(9-33-16(14)17)36-19(25)35-11-3-1-10(2-4-11)20(26)27/h1-4,12-17H,5-9H2,(H,23,24)/t12?,13?,14-,15+,16-,17+/m1/s1. The first kappa shape index (κ1) is 27.3. The number of carboxylic acids is 1. The molecule has 2 unspecified atom stereocenters. The number of carbonyl (C=O) groups is 2. The number of hydrogen-bond acceptors (Lipinski definition) is 14. The van der Waals surface area contributed by atoms with Gasteiger partial charge in [-0.2, -0.15) is 0 Å². The summed E-state index contributed by atoms with van der Waals surface area (Å²) in [5.74, 6) is -3.12. The first-order chi connectivity index (χ1) is 17.5. The van der Waals surface area contributed by atoms with Crippen LogP contribution >= 0.6 is 0 Å². The van der Waals surface area contributed by atoms with Gasteiger partial charge in [-0.15, -0.1) is 20.2 Å². The van der Waals surface area contributed by atoms with Crippen molar-refractivity contribution in [3.05, 3.63) is 54.6 Å². The summed E-state index contributed by atoms with van der Waals surface area (Å²) in [5.41, 5.74) is -0.201. The number of hydrogen-bond donors (Lipinski definition) is 1. The molecule has 2 saturated heterocycles. The lowest BCUT2D eigenvalue weighted by molar-refractivity contribution is -0.790. The van der Waals surface area contributed by atoms with Gasteiger partial charge in [0.1, 0.15) is 24.6 Å². The SMILES string of the molecule is O=C(Oc1ccc([N+](=O)[O-])cc1)O[C@H]1CO[C@H]2[C@H]1OC[C@@H]2C(CCC(CO[N+](=O)[O-])O[N+](=O)[O-])C(=O)O. The third-order valence-electron chi connectivity index (χ3n) is 5.78. The molecule has 18 heteroatoms. The second-order valence-corrected chi connectivity index (χ2v) is 8.01. The molecule has 0 bridgehead atoms. The van der Waals surface area contributed by atoms with Gasteiger partial charge in [0.2, 0.25) is 0 Å². The van der Waals surface area contributed by atoms with E-state index in [4.69, 9.17) is 18.9 Å². The van der Waals surface area contributed by atoms with Crippen molar-refractivity contribution in [2.75, 3.05) is 19.8 Å². The Bertz CT molecular complexity index is 1020. The van der Waals surface area contributed by atoms with Gasteiger partial charge < -0.3 is 33.7 Å². The Morgan fingerprint density at radius 3 is 2.27 bits per heavy atom. The van der Waals surface area contributed by atoms with Gasteiger partial charge in [-0.25, -0.2) is 4.79 Å². The van der Waals surface area contributed by atoms with E-state index < -0.39 is 70.1 Å². The topological polar surface area (TPSA) is 239 Å². The van der Waals surface area contributed by atoms with Gasteiger partial charge in [-0.05, 0) is 25.0 Å². The lowest BCUT2D eigenvalue weighted by Gasteiger charge is -2.24. The first-order valence-corrected chi connectivity index (χ1v) is 10.7. The highest BCUT2D eigenvalue weighted by Gasteiger charge is 2.53. The molecule has 0 spiro atoms. The molecule has 37 heavy (non-hydrogen) atoms. The molecule has 18 nitrogen and oxygen atoms in total. The van der Waals surface area contributed by atoms with Crippen LogP contribution in [0.2, 0.25) is 0 Å². The van der Waals surface area contributed by atoms with Gasteiger partial charge in [-0.3, -0.25) is 14.9 Å². The van der Waals surface area contributed by atoms with Crippen molar-refractivity contribution in [3.8, 4) is 5.75 Å². The average molecular weight is 531 g/mol. The second kappa shape index (κ2) is 12.1. The zero-order chi connectivity index (χ0) is 27.1. The highest BCUT2D eigenvalue weighted by Crippen LogP contribution is 2.38. The van der Waals surface area contributed by atoms with E-state index in [1.54, 1.807) is 0 Å². The number of carbonyl (C=O) groups excluding carboxylic acids is 1. The Balaban J connectivity index is 1.56. The summed E-state index contributed by atoms with van der Waals surface area (Å²) in [6.07, 6.45) is -5.48. The number of non-ortho nitro benzene ring substituents is 1. The summed E-state index contributed by atoms with van der Waals surface area (Å²) in [4.78, 5) is 63.6. The fourth-order valence-electron chi connectivity index (χ4n) is 4.14. The monoisotopic (exact) mass is 531 g/mol. The summed E-state index contributed by atoms with van der Waals surface area (Å²) in [6.45, 7) is -0.982. The molecular weight excluding hydrogens is 510 g/mol. The predicted octanol–water partition coefficient (Wildman–Crippen LogP) is 1.16. The third-order valence-corrected chi connectivity index (χ3v) is 5.78. The van der Waals surface area contributed by atoms with Crippen molar-refractivity contribution in [1.82, 2.24) is 0 Å². The molecular formula is C19H21N3O15. The lowest BCUT2D eigenvalue weighted by atomic mass is 9.84. The van der Waals surface area contributed by atoms with Gasteiger partial charge in [0, 0.05) is 18.1 Å². The summed E-state index contributed by atoms with van der Waals surface area (Å²) < 4.78 is 21.5. The molecule has 0 saturated carbocycles. The van der Waals surface area contributed by atoms with Crippen molar-refractivity contribution >= 4 is 17.8 Å². The van der Waals surface area contributed by atoms with Crippen LogP contribution < -0.4 is 4.74 Å². The number of nitrogens with zero attached hydrogens (tertiary/aromatic N) is 3. The van der Waals surface area contributed by atoms with Crippen LogP contribution in [0.25, 0.3) is 0 Å². The van der Waals surface area contributed by atoms with Crippen molar-refractivity contribution in [1.29, 1.82) is 0 Å². The number of nitro benzene ring substituents is 1. The molecule has 6 atom stereocenters. The zero-order valence-electron chi connectivity index (χ0n) is 18.8. The molecule has 1 aromatic carbocycles. The van der Waals surface area contributed by atoms with E-state index in [-0.39, 0.29) is 37.5 Å². The van der Waals surface area contributed by atoms with E-state index in [9.17, 15) is 45.0 Å². The average Bonchev–Trinajstić information content (AvgIpc) is 3.40. The molecule has 3 rings (SSSR count). The minimum absolute atomic E-state index is 0.00483. The Morgan fingerprint density at radius 1 is 1.00 bits per heavy atom. The van der Waals surface area contributed by atoms with Crippen molar-refractivity contribution in [3.63, 3.8) is 0 Å². The number of rotatable bonds is 13. The number of benzene rings is 1. The number of nitro groups is 1. The molecule has 2 aliphatic heterocycles. The predicted molar refractivity (Wildman–Crippen MR) is 112 cm³/mol. The van der Waals surface area contributed by atoms with Crippen LogP contribution in [0, 0.1) is 42.2 Å². The number of ether oxygens (including phenoxy) is 4. The minimum Gasteiger partial charge on any atom is -0.481 e. The van der Waals surface area contributed by atoms with Crippen LogP contribution in [0.4, 0.5) is 10.5 Å². The quantitative estimate of drug-likeness (QED) is 0.162. The van der Waals surface area contributed by atoms with E-state index in [0.717, 1.165) is 12.1 Å². The van der Waals surface area contributed by atoms with Crippen molar-refractivity contribution in [2.45, 2.75) is 37.3 Å². The van der Waals surface area contributed by atoms with Crippen LogP contribution in [-0.2, 0) is 28.7 Å². The van der Waals surface area contributed by atoms with Gasteiger partial charge in [0.15, 0.2) is 6.10 Å². The van der Waals surface area contributed by atoms with Crippen LogP contribution in [0.1, 0.15) is 12.8 Å². The highest BCUT2D eigenvalue weighted by molar-refractivity contribution is 5.70. The molecule has 0 amide bonds. The number of carboxylic acid groups (broad SMARTS) is 1. The highest BCUT2D eigenvalue weighted by atomic mass is 17.0. The molecule has 0 aliphatic carbocycles. The summed E-state index contributed by atoms with van der Waals surface area (Å²) >= 11 is 0. The largest absolute Gasteiger partial charge is 0.514 e. The normalized spacial score (nSPS) is 23.8. The minimum atomic E-state index is -1.38. The van der Waals surface area contributed by atoms with Crippen molar-refractivity contribution in [2.24, 2.45) is 11.8 Å². The van der Waals surface area contributed by atoms with E-state index in [2.05, 4.69) is 9.68 Å². The Kier molecular flexibility index (Phi) is 8.90. The lowest BCUT2D eigenvalue weighted by Crippen LogP contribution is -2.37. The maximum atomic E-state index is 12.2. The van der Waals surface area contributed by atoms with E-state index in [1.807, 2.05) is 0 Å². The first-order valence-electron chi connectivity index (χ1n) is 10.7. The van der Waals surface area contributed by atoms with E-state index in [0.29, 0.717) is 0 Å². The van der Waals surface area contributed by atoms with Gasteiger partial charge in [0.25, 0.3) is 15.9 Å². The van der Waals surface area contributed by atoms with Gasteiger partial charge in [-0.1, -0.05) is 0 Å². The molecule has 0 radical (unpaired) electrons. The molecule has 1 N–H and O–H groups in total. The van der Waals surface area contributed by atoms with E-state index >= 15 is 0 Å². The van der Waals surface area contributed by atoms with Crippen molar-refractivity contribution < 1.29 is 58.4 Å². The van der Waals surface area contributed by atoms with Gasteiger partial charge >= 0.3 is 12.1 Å². The second-order valence-electron chi connectivity index (χ2n) is 8.01. The molecule has 1 aromatic rings. The smallest absolute Gasteiger partial charge is 0.481 e. The van der Waals surface area contributed by atoms with Gasteiger partial charge in [0.05, 0.1) is 30.2 Å². The summed E-state index contributed by atoms with van der Waals surface area (Å²) in [6, 6.07) is 4.69. The van der Waals surface area contributed by atoms with Crippen LogP contribution in [0.3, 0.4) is 0 Å². The van der Waals surface area contributed by atoms with Crippen LogP contribution in [0.5, 0.6) is 5.75 Å². The molecule has 2 fully saturated rings. The molecule has 2 aliphatic rings. The summed E-state index contributed by atoms with van der Waals surface area (Å²) in [7, 11) is 0. The third kappa shape index (κ3) is 7.34. The Morgan fingerprint density at radius 2 is 1.68 bits per heavy atom. The fourth-order valence-corrected chi connectivity index (χ4v) is 4.14. The van der Waals surface area contributed by atoms with E-state index in [1.165, 1.54) is 12.1 Å². The van der Waals surface area contributed by atoms with Crippen LogP contribution in [0.15, 0.2) is 24.3 Å². The maximum Gasteiger partial charge on any atom is 0.514 e. The Hall–Kier alpha value is -4.32. The molecule has 0 aromatic heterocycles. The summed E-state index contributed by atoms with van der Waals surface area (Å²) in [5, 5.41) is 39.1. The van der Waals surface area contributed by atoms with Crippen LogP contribution in [-0.4, -0.2) is 76.6 Å². The molecule has 202 valence electrons. The number of fused-ring (bicyclic) bond motifs is 1. The fraction of sp³-hybridized carbons (Fsp3) is 0.579. The number of aliphatic carboxylic acids is 1. The zero-order valence-corrected chi connectivity index (χ0v) is 18.8. The maximum absolute atomic E-state index is 12.2.